The maximum Gasteiger partial charge on any atom is 0.228 e. The number of carbonyl (C=O) groups excluding carboxylic acids is 2. The third-order valence-corrected chi connectivity index (χ3v) is 7.62. The van der Waals surface area contributed by atoms with Crippen LogP contribution in [0.25, 0.3) is 0 Å². The van der Waals surface area contributed by atoms with Gasteiger partial charge in [0.2, 0.25) is 11.8 Å². The summed E-state index contributed by atoms with van der Waals surface area (Å²) in [6.07, 6.45) is 5.14. The number of fused-ring (bicyclic) bond motifs is 1. The number of rotatable bonds is 4. The number of ether oxygens (including phenoxy) is 1. The van der Waals surface area contributed by atoms with Crippen molar-refractivity contribution in [3.8, 4) is 5.75 Å². The van der Waals surface area contributed by atoms with Gasteiger partial charge in [-0.15, -0.1) is 0 Å². The predicted octanol–water partition coefficient (Wildman–Crippen LogP) is 4.01. The van der Waals surface area contributed by atoms with E-state index in [9.17, 15) is 9.59 Å². The normalized spacial score (nSPS) is 23.3. The smallest absolute Gasteiger partial charge is 0.228 e. The Balaban J connectivity index is 1.40. The molecule has 3 aliphatic rings. The molecule has 2 fully saturated rings. The standard InChI is InChI=1S/C27H32N2O3/c1-32-23-12-6-11-21(15-23)24-17-29(26(30)20-8-3-4-9-20)18-25(24)27(31)28-14-13-19-7-2-5-10-22(19)16-28/h2,5-7,10-12,15,20,24-25H,3-4,8-9,13-14,16-18H2,1H3. The largest absolute Gasteiger partial charge is 0.497 e. The zero-order valence-corrected chi connectivity index (χ0v) is 18.8. The molecule has 0 N–H and O–H groups in total. The highest BCUT2D eigenvalue weighted by Gasteiger charge is 2.44. The molecule has 2 amide bonds. The van der Waals surface area contributed by atoms with Gasteiger partial charge in [0.25, 0.3) is 0 Å². The van der Waals surface area contributed by atoms with Crippen molar-refractivity contribution >= 4 is 11.8 Å². The fourth-order valence-corrected chi connectivity index (χ4v) is 5.79. The number of methoxy groups -OCH3 is 1. The van der Waals surface area contributed by atoms with E-state index in [0.29, 0.717) is 19.6 Å². The number of likely N-dealkylation sites (tertiary alicyclic amines) is 1. The van der Waals surface area contributed by atoms with Crippen LogP contribution in [-0.2, 0) is 22.6 Å². The summed E-state index contributed by atoms with van der Waals surface area (Å²) in [5.41, 5.74) is 3.66. The molecule has 168 valence electrons. The molecular weight excluding hydrogens is 400 g/mol. The number of nitrogens with zero attached hydrogens (tertiary/aromatic N) is 2. The lowest BCUT2D eigenvalue weighted by Gasteiger charge is -2.32. The van der Waals surface area contributed by atoms with Crippen molar-refractivity contribution < 1.29 is 14.3 Å². The van der Waals surface area contributed by atoms with Gasteiger partial charge in [-0.2, -0.15) is 0 Å². The van der Waals surface area contributed by atoms with Crippen molar-refractivity contribution in [2.24, 2.45) is 11.8 Å². The summed E-state index contributed by atoms with van der Waals surface area (Å²) in [6.45, 7) is 2.54. The molecule has 2 unspecified atom stereocenters. The van der Waals surface area contributed by atoms with Gasteiger partial charge in [0.1, 0.15) is 5.75 Å². The van der Waals surface area contributed by atoms with Gasteiger partial charge < -0.3 is 14.5 Å². The van der Waals surface area contributed by atoms with Gasteiger partial charge in [-0.25, -0.2) is 0 Å². The van der Waals surface area contributed by atoms with Crippen molar-refractivity contribution in [3.63, 3.8) is 0 Å². The summed E-state index contributed by atoms with van der Waals surface area (Å²) in [7, 11) is 1.66. The number of hydrogen-bond acceptors (Lipinski definition) is 3. The molecule has 1 saturated heterocycles. The van der Waals surface area contributed by atoms with E-state index in [0.717, 1.165) is 50.0 Å². The minimum atomic E-state index is -0.210. The second-order valence-corrected chi connectivity index (χ2v) is 9.49. The lowest BCUT2D eigenvalue weighted by Crippen LogP contribution is -2.42. The molecule has 2 aromatic rings. The molecule has 0 bridgehead atoms. The highest BCUT2D eigenvalue weighted by Crippen LogP contribution is 2.38. The molecule has 5 nitrogen and oxygen atoms in total. The quantitative estimate of drug-likeness (QED) is 0.734. The summed E-state index contributed by atoms with van der Waals surface area (Å²) in [4.78, 5) is 31.0. The second kappa shape index (κ2) is 8.97. The molecule has 0 radical (unpaired) electrons. The Morgan fingerprint density at radius 2 is 1.69 bits per heavy atom. The van der Waals surface area contributed by atoms with Crippen LogP contribution < -0.4 is 4.74 Å². The molecule has 2 atom stereocenters. The Labute approximate surface area is 190 Å². The minimum Gasteiger partial charge on any atom is -0.497 e. The highest BCUT2D eigenvalue weighted by molar-refractivity contribution is 5.84. The first kappa shape index (κ1) is 21.0. The zero-order chi connectivity index (χ0) is 22.1. The predicted molar refractivity (Wildman–Crippen MR) is 123 cm³/mol. The maximum absolute atomic E-state index is 13.8. The molecule has 32 heavy (non-hydrogen) atoms. The van der Waals surface area contributed by atoms with Crippen LogP contribution in [0.4, 0.5) is 0 Å². The SMILES string of the molecule is COc1cccc(C2CN(C(=O)C3CCCC3)CC2C(=O)N2CCc3ccccc3C2)c1. The summed E-state index contributed by atoms with van der Waals surface area (Å²) in [5, 5.41) is 0. The van der Waals surface area contributed by atoms with Crippen LogP contribution in [0.15, 0.2) is 48.5 Å². The first-order valence-electron chi connectivity index (χ1n) is 11.9. The maximum atomic E-state index is 13.8. The van der Waals surface area contributed by atoms with E-state index in [1.807, 2.05) is 34.1 Å². The van der Waals surface area contributed by atoms with Crippen LogP contribution in [-0.4, -0.2) is 48.4 Å². The van der Waals surface area contributed by atoms with Gasteiger partial charge in [0.05, 0.1) is 13.0 Å². The summed E-state index contributed by atoms with van der Waals surface area (Å²) in [5.74, 6) is 1.14. The monoisotopic (exact) mass is 432 g/mol. The van der Waals surface area contributed by atoms with E-state index >= 15 is 0 Å². The fourth-order valence-electron chi connectivity index (χ4n) is 5.79. The van der Waals surface area contributed by atoms with E-state index in [1.165, 1.54) is 11.1 Å². The Kier molecular flexibility index (Phi) is 5.90. The Bertz CT molecular complexity index is 998. The third kappa shape index (κ3) is 4.01. The van der Waals surface area contributed by atoms with Crippen LogP contribution in [0.3, 0.4) is 0 Å². The van der Waals surface area contributed by atoms with Crippen molar-refractivity contribution in [3.05, 3.63) is 65.2 Å². The van der Waals surface area contributed by atoms with Crippen LogP contribution in [0.2, 0.25) is 0 Å². The Morgan fingerprint density at radius 3 is 2.47 bits per heavy atom. The minimum absolute atomic E-state index is 0.000114. The molecule has 2 aromatic carbocycles. The van der Waals surface area contributed by atoms with Gasteiger partial charge in [-0.1, -0.05) is 49.2 Å². The Morgan fingerprint density at radius 1 is 0.906 bits per heavy atom. The fraction of sp³-hybridized carbons (Fsp3) is 0.481. The average Bonchev–Trinajstić information content (AvgIpc) is 3.53. The van der Waals surface area contributed by atoms with Gasteiger partial charge in [0, 0.05) is 38.0 Å². The topological polar surface area (TPSA) is 49.9 Å². The molecule has 1 aliphatic carbocycles. The number of benzene rings is 2. The van der Waals surface area contributed by atoms with Crippen LogP contribution in [0.5, 0.6) is 5.75 Å². The van der Waals surface area contributed by atoms with E-state index in [4.69, 9.17) is 4.74 Å². The zero-order valence-electron chi connectivity index (χ0n) is 18.8. The first-order chi connectivity index (χ1) is 15.6. The first-order valence-corrected chi connectivity index (χ1v) is 11.9. The van der Waals surface area contributed by atoms with Crippen LogP contribution in [0, 0.1) is 11.8 Å². The average molecular weight is 433 g/mol. The molecule has 5 rings (SSSR count). The van der Waals surface area contributed by atoms with Crippen molar-refractivity contribution in [2.75, 3.05) is 26.7 Å². The number of amides is 2. The summed E-state index contributed by atoms with van der Waals surface area (Å²) in [6, 6.07) is 16.4. The molecule has 0 spiro atoms. The van der Waals surface area contributed by atoms with Crippen LogP contribution in [0.1, 0.15) is 48.3 Å². The van der Waals surface area contributed by atoms with Crippen LogP contribution >= 0.6 is 0 Å². The van der Waals surface area contributed by atoms with Gasteiger partial charge in [-0.05, 0) is 48.1 Å². The summed E-state index contributed by atoms with van der Waals surface area (Å²) >= 11 is 0. The van der Waals surface area contributed by atoms with E-state index in [1.54, 1.807) is 7.11 Å². The number of carbonyl (C=O) groups is 2. The third-order valence-electron chi connectivity index (χ3n) is 7.62. The Hall–Kier alpha value is -2.82. The number of hydrogen-bond donors (Lipinski definition) is 0. The van der Waals surface area contributed by atoms with Crippen molar-refractivity contribution in [1.29, 1.82) is 0 Å². The van der Waals surface area contributed by atoms with Gasteiger partial charge >= 0.3 is 0 Å². The lowest BCUT2D eigenvalue weighted by atomic mass is 9.87. The second-order valence-electron chi connectivity index (χ2n) is 9.49. The molecule has 2 aliphatic heterocycles. The molecule has 2 heterocycles. The molecule has 1 saturated carbocycles. The molecule has 5 heteroatoms. The van der Waals surface area contributed by atoms with Gasteiger partial charge in [-0.3, -0.25) is 9.59 Å². The van der Waals surface area contributed by atoms with Gasteiger partial charge in [0.15, 0.2) is 0 Å². The van der Waals surface area contributed by atoms with E-state index in [2.05, 4.69) is 24.3 Å². The molecular formula is C27H32N2O3. The lowest BCUT2D eigenvalue weighted by molar-refractivity contribution is -0.137. The van der Waals surface area contributed by atoms with Crippen molar-refractivity contribution in [2.45, 2.75) is 44.6 Å². The van der Waals surface area contributed by atoms with E-state index < -0.39 is 0 Å². The molecule has 0 aromatic heterocycles. The van der Waals surface area contributed by atoms with Crippen molar-refractivity contribution in [1.82, 2.24) is 9.80 Å². The highest BCUT2D eigenvalue weighted by atomic mass is 16.5. The van der Waals surface area contributed by atoms with E-state index in [-0.39, 0.29) is 29.6 Å². The summed E-state index contributed by atoms with van der Waals surface area (Å²) < 4.78 is 5.45.